The lowest BCUT2D eigenvalue weighted by Gasteiger charge is -2.27. The van der Waals surface area contributed by atoms with E-state index < -0.39 is 10.0 Å². The van der Waals surface area contributed by atoms with Crippen molar-refractivity contribution in [3.8, 4) is 0 Å². The van der Waals surface area contributed by atoms with Crippen molar-refractivity contribution in [1.82, 2.24) is 14.9 Å². The number of sulfonamides is 1. The second kappa shape index (κ2) is 9.93. The van der Waals surface area contributed by atoms with Crippen LogP contribution in [0.1, 0.15) is 5.56 Å². The van der Waals surface area contributed by atoms with Gasteiger partial charge in [0.1, 0.15) is 0 Å². The van der Waals surface area contributed by atoms with Gasteiger partial charge in [-0.2, -0.15) is 0 Å². The van der Waals surface area contributed by atoms with Gasteiger partial charge >= 0.3 is 0 Å². The van der Waals surface area contributed by atoms with Crippen LogP contribution >= 0.6 is 36.4 Å². The summed E-state index contributed by atoms with van der Waals surface area (Å²) in [4.78, 5) is 2.49. The Morgan fingerprint density at radius 2 is 1.91 bits per heavy atom. The number of halogens is 3. The highest BCUT2D eigenvalue weighted by Crippen LogP contribution is 2.22. The summed E-state index contributed by atoms with van der Waals surface area (Å²) in [5.41, 5.74) is 0.587. The maximum absolute atomic E-state index is 12.2. The van der Waals surface area contributed by atoms with E-state index in [0.717, 1.165) is 32.7 Å². The van der Waals surface area contributed by atoms with Crippen LogP contribution in [-0.4, -0.2) is 52.6 Å². The summed E-state index contributed by atoms with van der Waals surface area (Å²) in [7, 11) is -3.49. The SMILES string of the molecule is Cc1c(Cl)cccc1S(=O)(=O)NCCN1CCNCC1.Cl.Cl. The lowest BCUT2D eigenvalue weighted by molar-refractivity contribution is 0.245. The maximum Gasteiger partial charge on any atom is 0.240 e. The highest BCUT2D eigenvalue weighted by Gasteiger charge is 2.18. The molecule has 1 aliphatic heterocycles. The highest BCUT2D eigenvalue weighted by molar-refractivity contribution is 7.89. The molecule has 0 unspecified atom stereocenters. The normalized spacial score (nSPS) is 15.7. The average Bonchev–Trinajstić information content (AvgIpc) is 2.42. The lowest BCUT2D eigenvalue weighted by atomic mass is 10.2. The number of nitrogens with one attached hydrogen (secondary N) is 2. The molecule has 2 N–H and O–H groups in total. The standard InChI is InChI=1S/C13H20ClN3O2S.2ClH/c1-11-12(14)3-2-4-13(11)20(18,19)16-7-10-17-8-5-15-6-9-17;;/h2-4,15-16H,5-10H2,1H3;2*1H. The van der Waals surface area contributed by atoms with E-state index in [9.17, 15) is 8.42 Å². The van der Waals surface area contributed by atoms with Gasteiger partial charge in [-0.3, -0.25) is 4.90 Å². The van der Waals surface area contributed by atoms with Crippen LogP contribution in [0.2, 0.25) is 5.02 Å². The molecule has 1 aromatic carbocycles. The summed E-state index contributed by atoms with van der Waals surface area (Å²) in [6, 6.07) is 4.92. The molecule has 1 aliphatic rings. The van der Waals surface area contributed by atoms with Crippen LogP contribution in [0.15, 0.2) is 23.1 Å². The van der Waals surface area contributed by atoms with E-state index in [1.54, 1.807) is 25.1 Å². The van der Waals surface area contributed by atoms with Crippen molar-refractivity contribution in [2.75, 3.05) is 39.3 Å². The fourth-order valence-corrected chi connectivity index (χ4v) is 3.75. The second-order valence-electron chi connectivity index (χ2n) is 4.85. The van der Waals surface area contributed by atoms with Crippen molar-refractivity contribution in [2.24, 2.45) is 0 Å². The van der Waals surface area contributed by atoms with Crippen LogP contribution in [0, 0.1) is 6.92 Å². The Morgan fingerprint density at radius 1 is 1.27 bits per heavy atom. The van der Waals surface area contributed by atoms with Gasteiger partial charge in [0.15, 0.2) is 0 Å². The van der Waals surface area contributed by atoms with E-state index in [-0.39, 0.29) is 29.7 Å². The highest BCUT2D eigenvalue weighted by atomic mass is 35.5. The number of benzene rings is 1. The number of piperazine rings is 1. The Balaban J connectivity index is 0.00000220. The van der Waals surface area contributed by atoms with Gasteiger partial charge in [-0.25, -0.2) is 13.1 Å². The van der Waals surface area contributed by atoms with Gasteiger partial charge in [-0.05, 0) is 24.6 Å². The molecule has 9 heteroatoms. The molecule has 0 amide bonds. The zero-order valence-corrected chi connectivity index (χ0v) is 15.5. The van der Waals surface area contributed by atoms with Crippen LogP contribution in [0.4, 0.5) is 0 Å². The third-order valence-corrected chi connectivity index (χ3v) is 5.45. The van der Waals surface area contributed by atoms with Crippen molar-refractivity contribution < 1.29 is 8.42 Å². The molecule has 1 aromatic rings. The van der Waals surface area contributed by atoms with E-state index in [1.807, 2.05) is 0 Å². The maximum atomic E-state index is 12.2. The smallest absolute Gasteiger partial charge is 0.240 e. The zero-order valence-electron chi connectivity index (χ0n) is 12.3. The minimum Gasteiger partial charge on any atom is -0.314 e. The van der Waals surface area contributed by atoms with E-state index in [2.05, 4.69) is 14.9 Å². The Kier molecular flexibility index (Phi) is 9.89. The first kappa shape index (κ1) is 21.9. The van der Waals surface area contributed by atoms with Gasteiger partial charge in [0.25, 0.3) is 0 Å². The summed E-state index contributed by atoms with van der Waals surface area (Å²) in [5.74, 6) is 0. The van der Waals surface area contributed by atoms with Crippen LogP contribution in [0.3, 0.4) is 0 Å². The molecule has 1 fully saturated rings. The Hall–Kier alpha value is -0.0800. The molecule has 0 aromatic heterocycles. The van der Waals surface area contributed by atoms with Gasteiger partial charge in [-0.1, -0.05) is 17.7 Å². The van der Waals surface area contributed by atoms with Gasteiger partial charge in [0, 0.05) is 44.3 Å². The van der Waals surface area contributed by atoms with Crippen molar-refractivity contribution in [3.05, 3.63) is 28.8 Å². The van der Waals surface area contributed by atoms with Crippen LogP contribution in [0.25, 0.3) is 0 Å². The predicted molar refractivity (Wildman–Crippen MR) is 95.2 cm³/mol. The topological polar surface area (TPSA) is 61.4 Å². The van der Waals surface area contributed by atoms with E-state index in [0.29, 0.717) is 17.1 Å². The van der Waals surface area contributed by atoms with Crippen LogP contribution in [-0.2, 0) is 10.0 Å². The summed E-state index contributed by atoms with van der Waals surface area (Å²) >= 11 is 5.97. The van der Waals surface area contributed by atoms with Crippen molar-refractivity contribution in [2.45, 2.75) is 11.8 Å². The largest absolute Gasteiger partial charge is 0.314 e. The van der Waals surface area contributed by atoms with Crippen molar-refractivity contribution >= 4 is 46.4 Å². The molecule has 0 atom stereocenters. The summed E-state index contributed by atoms with van der Waals surface area (Å²) < 4.78 is 27.1. The number of nitrogens with zero attached hydrogens (tertiary/aromatic N) is 1. The molecular formula is C13H22Cl3N3O2S. The third kappa shape index (κ3) is 5.85. The van der Waals surface area contributed by atoms with Gasteiger partial charge in [0.2, 0.25) is 10.0 Å². The Morgan fingerprint density at radius 3 is 2.55 bits per heavy atom. The van der Waals surface area contributed by atoms with Crippen LogP contribution < -0.4 is 10.0 Å². The second-order valence-corrected chi connectivity index (χ2v) is 6.99. The molecule has 2 rings (SSSR count). The monoisotopic (exact) mass is 389 g/mol. The molecular weight excluding hydrogens is 369 g/mol. The molecule has 5 nitrogen and oxygen atoms in total. The Labute approximate surface area is 149 Å². The number of hydrogen-bond acceptors (Lipinski definition) is 4. The fourth-order valence-electron chi connectivity index (χ4n) is 2.23. The minimum atomic E-state index is -3.49. The lowest BCUT2D eigenvalue weighted by Crippen LogP contribution is -2.46. The van der Waals surface area contributed by atoms with Gasteiger partial charge in [0.05, 0.1) is 4.90 Å². The minimum absolute atomic E-state index is 0. The Bertz CT molecular complexity index is 564. The molecule has 1 saturated heterocycles. The molecule has 0 bridgehead atoms. The summed E-state index contributed by atoms with van der Waals surface area (Å²) in [5, 5.41) is 3.73. The fraction of sp³-hybridized carbons (Fsp3) is 0.538. The molecule has 128 valence electrons. The van der Waals surface area contributed by atoms with Crippen molar-refractivity contribution in [3.63, 3.8) is 0 Å². The van der Waals surface area contributed by atoms with Crippen LogP contribution in [0.5, 0.6) is 0 Å². The molecule has 0 aliphatic carbocycles. The summed E-state index contributed by atoms with van der Waals surface area (Å²) in [6.45, 7) is 6.68. The first-order chi connectivity index (χ1) is 9.50. The predicted octanol–water partition coefficient (Wildman–Crippen LogP) is 1.68. The number of rotatable bonds is 5. The molecule has 0 radical (unpaired) electrons. The quantitative estimate of drug-likeness (QED) is 0.803. The first-order valence-corrected chi connectivity index (χ1v) is 8.55. The first-order valence-electron chi connectivity index (χ1n) is 6.68. The zero-order chi connectivity index (χ0) is 14.6. The third-order valence-electron chi connectivity index (χ3n) is 3.44. The molecule has 22 heavy (non-hydrogen) atoms. The summed E-state index contributed by atoms with van der Waals surface area (Å²) in [6.07, 6.45) is 0. The van der Waals surface area contributed by atoms with Gasteiger partial charge in [-0.15, -0.1) is 24.8 Å². The number of hydrogen-bond donors (Lipinski definition) is 2. The van der Waals surface area contributed by atoms with E-state index in [1.165, 1.54) is 0 Å². The van der Waals surface area contributed by atoms with Crippen molar-refractivity contribution in [1.29, 1.82) is 0 Å². The van der Waals surface area contributed by atoms with E-state index in [4.69, 9.17) is 11.6 Å². The van der Waals surface area contributed by atoms with Gasteiger partial charge < -0.3 is 5.32 Å². The molecule has 1 heterocycles. The molecule has 0 saturated carbocycles. The van der Waals surface area contributed by atoms with E-state index >= 15 is 0 Å². The molecule has 0 spiro atoms. The average molecular weight is 391 g/mol.